The molecule has 0 aliphatic heterocycles. The maximum absolute atomic E-state index is 6.56. The van der Waals surface area contributed by atoms with Gasteiger partial charge in [-0.3, -0.25) is 4.57 Å². The predicted molar refractivity (Wildman–Crippen MR) is 145 cm³/mol. The molecular formula is C30H31N5. The molecule has 0 atom stereocenters. The van der Waals surface area contributed by atoms with Crippen LogP contribution in [0.1, 0.15) is 38.7 Å². The first-order valence-corrected chi connectivity index (χ1v) is 12.4. The van der Waals surface area contributed by atoms with E-state index in [-0.39, 0.29) is 5.54 Å². The van der Waals surface area contributed by atoms with Crippen LogP contribution in [-0.2, 0) is 5.54 Å². The van der Waals surface area contributed by atoms with Gasteiger partial charge in [0.1, 0.15) is 17.2 Å². The van der Waals surface area contributed by atoms with Gasteiger partial charge in [0, 0.05) is 22.5 Å². The van der Waals surface area contributed by atoms with Crippen molar-refractivity contribution in [3.05, 3.63) is 103 Å². The van der Waals surface area contributed by atoms with E-state index in [4.69, 9.17) is 15.7 Å². The molecule has 0 amide bonds. The summed E-state index contributed by atoms with van der Waals surface area (Å²) in [5.74, 6) is 1.65. The number of fused-ring (bicyclic) bond motifs is 1. The van der Waals surface area contributed by atoms with Gasteiger partial charge in [-0.1, -0.05) is 74.5 Å². The van der Waals surface area contributed by atoms with E-state index in [0.29, 0.717) is 0 Å². The Kier molecular flexibility index (Phi) is 6.34. The van der Waals surface area contributed by atoms with Gasteiger partial charge >= 0.3 is 0 Å². The second-order valence-electron chi connectivity index (χ2n) is 8.72. The molecular weight excluding hydrogens is 430 g/mol. The normalized spacial score (nSPS) is 14.0. The van der Waals surface area contributed by atoms with Crippen LogP contribution in [0, 0.1) is 0 Å². The van der Waals surface area contributed by atoms with Crippen LogP contribution in [0.25, 0.3) is 28.2 Å². The Morgan fingerprint density at radius 3 is 2.06 bits per heavy atom. The molecule has 1 aliphatic carbocycles. The number of nitrogens with zero attached hydrogens (tertiary/aromatic N) is 3. The minimum absolute atomic E-state index is 0.178. The zero-order valence-electron chi connectivity index (χ0n) is 20.3. The minimum atomic E-state index is -0.178. The number of imidazole rings is 1. The number of aromatic nitrogens is 3. The van der Waals surface area contributed by atoms with Gasteiger partial charge < -0.3 is 11.1 Å². The first kappa shape index (κ1) is 22.8. The second-order valence-corrected chi connectivity index (χ2v) is 8.72. The van der Waals surface area contributed by atoms with Crippen LogP contribution in [0.3, 0.4) is 0 Å². The first-order chi connectivity index (χ1) is 17.2. The number of rotatable bonds is 5. The number of para-hydroxylation sites is 1. The highest BCUT2D eigenvalue weighted by atomic mass is 15.2. The van der Waals surface area contributed by atoms with Crippen molar-refractivity contribution in [1.82, 2.24) is 14.5 Å². The van der Waals surface area contributed by atoms with Gasteiger partial charge in [-0.2, -0.15) is 0 Å². The highest BCUT2D eigenvalue weighted by molar-refractivity contribution is 5.82. The van der Waals surface area contributed by atoms with Crippen molar-refractivity contribution in [2.75, 3.05) is 5.32 Å². The maximum Gasteiger partial charge on any atom is 0.167 e. The Morgan fingerprint density at radius 2 is 1.43 bits per heavy atom. The standard InChI is InChI=1S/C28H25N5.C2H6/c29-28(18-7-19-28)21-12-14-23(15-13-21)33-26(20-8-3-1-4-9-20)31-24-16-17-25(32-27(24)33)30-22-10-5-2-6-11-22;1-2/h1-6,8-17H,7,18-19,29H2,(H,30,32);1-2H3. The van der Waals surface area contributed by atoms with E-state index >= 15 is 0 Å². The molecule has 35 heavy (non-hydrogen) atoms. The number of nitrogens with one attached hydrogen (secondary N) is 1. The molecule has 0 bridgehead atoms. The van der Waals surface area contributed by atoms with Gasteiger partial charge in [0.05, 0.1) is 0 Å². The fraction of sp³-hybridized carbons (Fsp3) is 0.200. The lowest BCUT2D eigenvalue weighted by atomic mass is 9.73. The molecule has 3 aromatic carbocycles. The Balaban J connectivity index is 0.00000124. The summed E-state index contributed by atoms with van der Waals surface area (Å²) in [6, 6.07) is 32.9. The van der Waals surface area contributed by atoms with Gasteiger partial charge in [0.25, 0.3) is 0 Å². The lowest BCUT2D eigenvalue weighted by Crippen LogP contribution is -2.43. The van der Waals surface area contributed by atoms with Crippen molar-refractivity contribution in [2.45, 2.75) is 38.6 Å². The molecule has 5 aromatic rings. The first-order valence-electron chi connectivity index (χ1n) is 12.4. The summed E-state index contributed by atoms with van der Waals surface area (Å²) in [5, 5.41) is 3.40. The summed E-state index contributed by atoms with van der Waals surface area (Å²) in [6.45, 7) is 4.00. The Bertz CT molecular complexity index is 1400. The largest absolute Gasteiger partial charge is 0.340 e. The van der Waals surface area contributed by atoms with Crippen LogP contribution in [-0.4, -0.2) is 14.5 Å². The zero-order chi connectivity index (χ0) is 24.3. The molecule has 0 unspecified atom stereocenters. The van der Waals surface area contributed by atoms with Crippen molar-refractivity contribution < 1.29 is 0 Å². The van der Waals surface area contributed by atoms with Crippen molar-refractivity contribution in [3.63, 3.8) is 0 Å². The molecule has 1 fully saturated rings. The Hall–Kier alpha value is -3.96. The highest BCUT2D eigenvalue weighted by Gasteiger charge is 2.34. The monoisotopic (exact) mass is 461 g/mol. The summed E-state index contributed by atoms with van der Waals surface area (Å²) < 4.78 is 2.13. The van der Waals surface area contributed by atoms with Crippen LogP contribution in [0.2, 0.25) is 0 Å². The molecule has 0 spiro atoms. The van der Waals surface area contributed by atoms with E-state index in [0.717, 1.165) is 52.6 Å². The van der Waals surface area contributed by atoms with E-state index in [1.54, 1.807) is 0 Å². The summed E-state index contributed by atoms with van der Waals surface area (Å²) in [6.07, 6.45) is 3.29. The summed E-state index contributed by atoms with van der Waals surface area (Å²) >= 11 is 0. The smallest absolute Gasteiger partial charge is 0.167 e. The van der Waals surface area contributed by atoms with Crippen molar-refractivity contribution in [2.24, 2.45) is 5.73 Å². The average Bonchev–Trinajstić information content (AvgIpc) is 3.28. The van der Waals surface area contributed by atoms with Gasteiger partial charge in [-0.15, -0.1) is 0 Å². The molecule has 1 saturated carbocycles. The lowest BCUT2D eigenvalue weighted by molar-refractivity contribution is 0.253. The topological polar surface area (TPSA) is 68.8 Å². The number of hydrogen-bond acceptors (Lipinski definition) is 4. The predicted octanol–water partition coefficient (Wildman–Crippen LogP) is 7.20. The van der Waals surface area contributed by atoms with Crippen molar-refractivity contribution >= 4 is 22.7 Å². The summed E-state index contributed by atoms with van der Waals surface area (Å²) in [5.41, 5.74) is 12.3. The number of pyridine rings is 1. The van der Waals surface area contributed by atoms with Gasteiger partial charge in [0.15, 0.2) is 5.65 Å². The molecule has 176 valence electrons. The summed E-state index contributed by atoms with van der Waals surface area (Å²) in [4.78, 5) is 9.91. The van der Waals surface area contributed by atoms with E-state index in [1.807, 2.05) is 74.5 Å². The van der Waals surface area contributed by atoms with Crippen LogP contribution in [0.15, 0.2) is 97.1 Å². The van der Waals surface area contributed by atoms with E-state index < -0.39 is 0 Å². The number of benzene rings is 3. The zero-order valence-corrected chi connectivity index (χ0v) is 20.3. The maximum atomic E-state index is 6.56. The quantitative estimate of drug-likeness (QED) is 0.290. The Labute approximate surface area is 206 Å². The minimum Gasteiger partial charge on any atom is -0.340 e. The molecule has 5 nitrogen and oxygen atoms in total. The molecule has 6 rings (SSSR count). The fourth-order valence-electron chi connectivity index (χ4n) is 4.51. The third kappa shape index (κ3) is 4.43. The van der Waals surface area contributed by atoms with Crippen LogP contribution in [0.5, 0.6) is 0 Å². The van der Waals surface area contributed by atoms with Crippen LogP contribution in [0.4, 0.5) is 11.5 Å². The third-order valence-corrected chi connectivity index (χ3v) is 6.53. The van der Waals surface area contributed by atoms with E-state index in [2.05, 4.69) is 46.3 Å². The van der Waals surface area contributed by atoms with Crippen molar-refractivity contribution in [3.8, 4) is 17.1 Å². The molecule has 5 heteroatoms. The fourth-order valence-corrected chi connectivity index (χ4v) is 4.51. The van der Waals surface area contributed by atoms with Gasteiger partial charge in [0.2, 0.25) is 0 Å². The number of nitrogens with two attached hydrogens (primary N) is 1. The molecule has 2 aromatic heterocycles. The van der Waals surface area contributed by atoms with Gasteiger partial charge in [-0.05, 0) is 61.2 Å². The van der Waals surface area contributed by atoms with Crippen LogP contribution < -0.4 is 11.1 Å². The summed E-state index contributed by atoms with van der Waals surface area (Å²) in [7, 11) is 0. The number of hydrogen-bond donors (Lipinski definition) is 2. The lowest BCUT2D eigenvalue weighted by Gasteiger charge is -2.38. The highest BCUT2D eigenvalue weighted by Crippen LogP contribution is 2.39. The molecule has 2 heterocycles. The molecule has 1 aliphatic rings. The van der Waals surface area contributed by atoms with E-state index in [9.17, 15) is 0 Å². The number of anilines is 2. The molecule has 3 N–H and O–H groups in total. The van der Waals surface area contributed by atoms with Crippen LogP contribution >= 0.6 is 0 Å². The SMILES string of the molecule is CC.NC1(c2ccc(-n3c(-c4ccccc4)nc4ccc(Nc5ccccc5)nc43)cc2)CCC1. The van der Waals surface area contributed by atoms with Gasteiger partial charge in [-0.25, -0.2) is 9.97 Å². The molecule has 0 saturated heterocycles. The average molecular weight is 462 g/mol. The van der Waals surface area contributed by atoms with E-state index in [1.165, 1.54) is 12.0 Å². The second kappa shape index (κ2) is 9.72. The third-order valence-electron chi connectivity index (χ3n) is 6.53. The molecule has 0 radical (unpaired) electrons. The van der Waals surface area contributed by atoms with Crippen molar-refractivity contribution in [1.29, 1.82) is 0 Å². The Morgan fingerprint density at radius 1 is 0.771 bits per heavy atom.